The Morgan fingerprint density at radius 1 is 1.31 bits per heavy atom. The average molecular weight is 387 g/mol. The van der Waals surface area contributed by atoms with Crippen LogP contribution in [0.25, 0.3) is 0 Å². The lowest BCUT2D eigenvalue weighted by Crippen LogP contribution is -2.38. The minimum absolute atomic E-state index is 0.242. The highest BCUT2D eigenvalue weighted by molar-refractivity contribution is 7.90. The summed E-state index contributed by atoms with van der Waals surface area (Å²) in [4.78, 5) is 13.1. The number of benzene rings is 1. The van der Waals surface area contributed by atoms with E-state index in [1.54, 1.807) is 11.8 Å². The van der Waals surface area contributed by atoms with Gasteiger partial charge in [-0.2, -0.15) is 0 Å². The highest BCUT2D eigenvalue weighted by Crippen LogP contribution is 2.24. The minimum atomic E-state index is -3.57. The van der Waals surface area contributed by atoms with E-state index in [9.17, 15) is 17.6 Å². The third-order valence-corrected chi connectivity index (χ3v) is 5.60. The Kier molecular flexibility index (Phi) is 7.25. The molecule has 1 fully saturated rings. The van der Waals surface area contributed by atoms with Gasteiger partial charge >= 0.3 is 6.09 Å². The Morgan fingerprint density at radius 2 is 2.00 bits per heavy atom. The van der Waals surface area contributed by atoms with Crippen LogP contribution < -0.4 is 4.74 Å². The van der Waals surface area contributed by atoms with Crippen molar-refractivity contribution in [2.75, 3.05) is 32.6 Å². The Balaban J connectivity index is 1.70. The predicted molar refractivity (Wildman–Crippen MR) is 95.6 cm³/mol. The van der Waals surface area contributed by atoms with Crippen molar-refractivity contribution >= 4 is 15.9 Å². The fourth-order valence-electron chi connectivity index (χ4n) is 3.05. The summed E-state index contributed by atoms with van der Waals surface area (Å²) in [6, 6.07) is 3.80. The Hall–Kier alpha value is -1.83. The van der Waals surface area contributed by atoms with Crippen LogP contribution in [0.4, 0.5) is 9.18 Å². The van der Waals surface area contributed by atoms with Crippen LogP contribution in [0.2, 0.25) is 0 Å². The maximum atomic E-state index is 13.8. The number of sulfone groups is 1. The van der Waals surface area contributed by atoms with Crippen LogP contribution in [0.5, 0.6) is 5.75 Å². The molecule has 0 saturated carbocycles. The molecule has 1 saturated heterocycles. The Morgan fingerprint density at radius 3 is 2.58 bits per heavy atom. The monoisotopic (exact) mass is 387 g/mol. The van der Waals surface area contributed by atoms with E-state index in [-0.39, 0.29) is 11.0 Å². The smallest absolute Gasteiger partial charge is 0.409 e. The second-order valence-electron chi connectivity index (χ2n) is 6.48. The van der Waals surface area contributed by atoms with Crippen molar-refractivity contribution in [2.24, 2.45) is 5.92 Å². The number of hydrogen-bond donors (Lipinski definition) is 0. The van der Waals surface area contributed by atoms with E-state index in [0.717, 1.165) is 38.0 Å². The largest absolute Gasteiger partial charge is 0.493 e. The van der Waals surface area contributed by atoms with Crippen LogP contribution >= 0.6 is 0 Å². The van der Waals surface area contributed by atoms with E-state index in [1.165, 1.54) is 12.1 Å². The molecule has 0 aromatic heterocycles. The molecule has 0 spiro atoms. The molecule has 0 bridgehead atoms. The van der Waals surface area contributed by atoms with E-state index in [0.29, 0.717) is 38.0 Å². The normalized spacial score (nSPS) is 15.7. The molecule has 26 heavy (non-hydrogen) atoms. The average Bonchev–Trinajstić information content (AvgIpc) is 2.58. The number of rotatable bonds is 7. The summed E-state index contributed by atoms with van der Waals surface area (Å²) < 4.78 is 47.1. The first-order chi connectivity index (χ1) is 12.3. The van der Waals surface area contributed by atoms with Crippen LogP contribution in [0.3, 0.4) is 0 Å². The van der Waals surface area contributed by atoms with Gasteiger partial charge in [0.1, 0.15) is 16.5 Å². The molecule has 1 aliphatic heterocycles. The zero-order chi connectivity index (χ0) is 19.2. The fraction of sp³-hybridized carbons (Fsp3) is 0.611. The van der Waals surface area contributed by atoms with Crippen LogP contribution in [0.1, 0.15) is 32.6 Å². The van der Waals surface area contributed by atoms with Gasteiger partial charge in [-0.25, -0.2) is 17.6 Å². The minimum Gasteiger partial charge on any atom is -0.493 e. The molecule has 6 nitrogen and oxygen atoms in total. The first-order valence-electron chi connectivity index (χ1n) is 8.85. The zero-order valence-corrected chi connectivity index (χ0v) is 16.1. The van der Waals surface area contributed by atoms with Crippen molar-refractivity contribution in [3.63, 3.8) is 0 Å². The summed E-state index contributed by atoms with van der Waals surface area (Å²) in [5.41, 5.74) is 0. The Bertz CT molecular complexity index is 714. The number of carbonyl (C=O) groups excluding carboxylic acids is 1. The Labute approximate surface area is 154 Å². The summed E-state index contributed by atoms with van der Waals surface area (Å²) in [6.07, 6.45) is 4.40. The lowest BCUT2D eigenvalue weighted by molar-refractivity contribution is 0.0901. The fourth-order valence-corrected chi connectivity index (χ4v) is 3.78. The molecule has 0 N–H and O–H groups in total. The van der Waals surface area contributed by atoms with Gasteiger partial charge in [-0.15, -0.1) is 0 Å². The number of halogens is 1. The van der Waals surface area contributed by atoms with E-state index < -0.39 is 15.7 Å². The summed E-state index contributed by atoms with van der Waals surface area (Å²) in [5.74, 6) is 0.0667. The molecule has 1 amide bonds. The topological polar surface area (TPSA) is 72.9 Å². The lowest BCUT2D eigenvalue weighted by atomic mass is 9.92. The van der Waals surface area contributed by atoms with E-state index in [1.807, 2.05) is 0 Å². The van der Waals surface area contributed by atoms with Crippen molar-refractivity contribution in [3.05, 3.63) is 24.0 Å². The number of carbonyl (C=O) groups is 1. The SMILES string of the molecule is CCOC(=O)N1CCC(CCCOc2ccc(S(C)(=O)=O)c(F)c2)CC1. The third-order valence-electron chi connectivity index (χ3n) is 4.47. The van der Waals surface area contributed by atoms with Gasteiger partial charge in [-0.05, 0) is 50.7 Å². The lowest BCUT2D eigenvalue weighted by Gasteiger charge is -2.31. The van der Waals surface area contributed by atoms with Crippen molar-refractivity contribution in [1.82, 2.24) is 4.90 Å². The molecule has 2 rings (SSSR count). The highest BCUT2D eigenvalue weighted by Gasteiger charge is 2.23. The summed E-state index contributed by atoms with van der Waals surface area (Å²) in [6.45, 7) is 4.05. The number of amides is 1. The van der Waals surface area contributed by atoms with Crippen molar-refractivity contribution in [3.8, 4) is 5.75 Å². The van der Waals surface area contributed by atoms with Gasteiger partial charge in [-0.1, -0.05) is 0 Å². The van der Waals surface area contributed by atoms with Crippen molar-refractivity contribution in [1.29, 1.82) is 0 Å². The maximum Gasteiger partial charge on any atom is 0.409 e. The first kappa shape index (κ1) is 20.5. The summed E-state index contributed by atoms with van der Waals surface area (Å²) in [5, 5.41) is 0. The quantitative estimate of drug-likeness (QED) is 0.672. The maximum absolute atomic E-state index is 13.8. The third kappa shape index (κ3) is 5.86. The number of hydrogen-bond acceptors (Lipinski definition) is 5. The van der Waals surface area contributed by atoms with Crippen molar-refractivity contribution in [2.45, 2.75) is 37.5 Å². The van der Waals surface area contributed by atoms with Gasteiger partial charge in [0.15, 0.2) is 9.84 Å². The molecule has 1 aromatic carbocycles. The van der Waals surface area contributed by atoms with Crippen LogP contribution in [0.15, 0.2) is 23.1 Å². The number of likely N-dealkylation sites (tertiary alicyclic amines) is 1. The summed E-state index contributed by atoms with van der Waals surface area (Å²) in [7, 11) is -3.57. The van der Waals surface area contributed by atoms with Crippen LogP contribution in [0, 0.1) is 11.7 Å². The molecule has 8 heteroatoms. The van der Waals surface area contributed by atoms with Crippen LogP contribution in [-0.4, -0.2) is 52.0 Å². The molecule has 1 aromatic rings. The molecule has 0 radical (unpaired) electrons. The first-order valence-corrected chi connectivity index (χ1v) is 10.7. The molecule has 1 heterocycles. The van der Waals surface area contributed by atoms with Crippen LogP contribution in [-0.2, 0) is 14.6 Å². The van der Waals surface area contributed by atoms with Gasteiger partial charge in [0.05, 0.1) is 13.2 Å². The molecule has 0 unspecified atom stereocenters. The molecular weight excluding hydrogens is 361 g/mol. The molecular formula is C18H26FNO5S. The van der Waals surface area contributed by atoms with Gasteiger partial charge in [0.2, 0.25) is 0 Å². The number of nitrogens with zero attached hydrogens (tertiary/aromatic N) is 1. The van der Waals surface area contributed by atoms with Gasteiger partial charge < -0.3 is 14.4 Å². The van der Waals surface area contributed by atoms with Gasteiger partial charge in [0, 0.05) is 25.4 Å². The van der Waals surface area contributed by atoms with Gasteiger partial charge in [0.25, 0.3) is 0 Å². The molecule has 0 atom stereocenters. The van der Waals surface area contributed by atoms with E-state index in [2.05, 4.69) is 0 Å². The predicted octanol–water partition coefficient (Wildman–Crippen LogP) is 3.26. The van der Waals surface area contributed by atoms with E-state index in [4.69, 9.17) is 9.47 Å². The zero-order valence-electron chi connectivity index (χ0n) is 15.2. The molecule has 1 aliphatic rings. The number of piperidine rings is 1. The molecule has 0 aliphatic carbocycles. The van der Waals surface area contributed by atoms with Crippen molar-refractivity contribution < 1.29 is 27.1 Å². The van der Waals surface area contributed by atoms with E-state index >= 15 is 0 Å². The summed E-state index contributed by atoms with van der Waals surface area (Å²) >= 11 is 0. The highest BCUT2D eigenvalue weighted by atomic mass is 32.2. The molecule has 146 valence electrons. The van der Waals surface area contributed by atoms with Gasteiger partial charge in [-0.3, -0.25) is 0 Å². The number of ether oxygens (including phenoxy) is 2. The second kappa shape index (κ2) is 9.21. The standard InChI is InChI=1S/C18H26FNO5S/c1-3-24-18(21)20-10-8-14(9-11-20)5-4-12-25-15-6-7-17(16(19)13-15)26(2,22)23/h6-7,13-14H,3-5,8-12H2,1-2H3. The second-order valence-corrected chi connectivity index (χ2v) is 8.47.